The zero-order chi connectivity index (χ0) is 10.1. The third-order valence-corrected chi connectivity index (χ3v) is 3.67. The molecule has 1 heterocycles. The van der Waals surface area contributed by atoms with E-state index >= 15 is 0 Å². The molecule has 0 saturated heterocycles. The van der Waals surface area contributed by atoms with Crippen molar-refractivity contribution in [2.45, 2.75) is 25.8 Å². The van der Waals surface area contributed by atoms with Crippen molar-refractivity contribution in [3.05, 3.63) is 21.9 Å². The third-order valence-electron chi connectivity index (χ3n) is 2.54. The van der Waals surface area contributed by atoms with Crippen LogP contribution in [0.2, 0.25) is 5.15 Å². The van der Waals surface area contributed by atoms with Crippen molar-refractivity contribution in [1.29, 1.82) is 0 Å². The first kappa shape index (κ1) is 10.2. The Morgan fingerprint density at radius 2 is 2.29 bits per heavy atom. The second-order valence-corrected chi connectivity index (χ2v) is 5.13. The first-order chi connectivity index (χ1) is 6.65. The lowest BCUT2D eigenvalue weighted by Gasteiger charge is -2.34. The summed E-state index contributed by atoms with van der Waals surface area (Å²) in [7, 11) is 0. The Labute approximate surface area is 97.2 Å². The predicted molar refractivity (Wildman–Crippen MR) is 62.8 cm³/mol. The number of aromatic nitrogens is 1. The summed E-state index contributed by atoms with van der Waals surface area (Å²) >= 11 is 9.16. The smallest absolute Gasteiger partial charge is 0.143 e. The summed E-state index contributed by atoms with van der Waals surface area (Å²) in [5, 5.41) is 3.94. The lowest BCUT2D eigenvalue weighted by molar-refractivity contribution is 0.309. The lowest BCUT2D eigenvalue weighted by atomic mass is 9.82. The van der Waals surface area contributed by atoms with E-state index in [0.717, 1.165) is 16.1 Å². The highest BCUT2D eigenvalue weighted by atomic mass is 79.9. The maximum atomic E-state index is 5.80. The van der Waals surface area contributed by atoms with Crippen LogP contribution in [0.25, 0.3) is 0 Å². The molecular formula is C10H12BrClN2. The molecule has 14 heavy (non-hydrogen) atoms. The summed E-state index contributed by atoms with van der Waals surface area (Å²) in [6.45, 7) is 2.27. The van der Waals surface area contributed by atoms with Crippen molar-refractivity contribution >= 4 is 33.2 Å². The minimum absolute atomic E-state index is 0.512. The van der Waals surface area contributed by atoms with Gasteiger partial charge in [-0.15, -0.1) is 0 Å². The zero-order valence-electron chi connectivity index (χ0n) is 7.93. The van der Waals surface area contributed by atoms with E-state index in [-0.39, 0.29) is 0 Å². The number of hydrogen-bond donors (Lipinski definition) is 1. The van der Waals surface area contributed by atoms with Crippen molar-refractivity contribution in [3.8, 4) is 0 Å². The molecule has 0 radical (unpaired) electrons. The van der Waals surface area contributed by atoms with Crippen molar-refractivity contribution < 1.29 is 0 Å². The highest BCUT2D eigenvalue weighted by molar-refractivity contribution is 9.10. The van der Waals surface area contributed by atoms with Gasteiger partial charge in [0.05, 0.1) is 16.4 Å². The third kappa shape index (κ3) is 2.20. The van der Waals surface area contributed by atoms with E-state index in [1.807, 2.05) is 6.07 Å². The van der Waals surface area contributed by atoms with Gasteiger partial charge in [-0.2, -0.15) is 0 Å². The van der Waals surface area contributed by atoms with Crippen molar-refractivity contribution in [1.82, 2.24) is 4.98 Å². The Morgan fingerprint density at radius 1 is 1.57 bits per heavy atom. The number of anilines is 1. The number of pyridine rings is 1. The fourth-order valence-electron chi connectivity index (χ4n) is 1.76. The van der Waals surface area contributed by atoms with Crippen LogP contribution in [0.1, 0.15) is 19.8 Å². The first-order valence-corrected chi connectivity index (χ1v) is 5.90. The molecule has 1 N–H and O–H groups in total. The quantitative estimate of drug-likeness (QED) is 0.832. The largest absolute Gasteiger partial charge is 0.381 e. The van der Waals surface area contributed by atoms with Gasteiger partial charge in [0, 0.05) is 6.04 Å². The Hall–Kier alpha value is -0.280. The van der Waals surface area contributed by atoms with Gasteiger partial charge in [0.2, 0.25) is 0 Å². The van der Waals surface area contributed by atoms with E-state index in [9.17, 15) is 0 Å². The molecule has 0 unspecified atom stereocenters. The molecule has 1 saturated carbocycles. The molecule has 0 bridgehead atoms. The van der Waals surface area contributed by atoms with Crippen LogP contribution in [0.4, 0.5) is 5.69 Å². The molecular weight excluding hydrogens is 263 g/mol. The highest BCUT2D eigenvalue weighted by Crippen LogP contribution is 2.30. The molecule has 76 valence electrons. The fraction of sp³-hybridized carbons (Fsp3) is 0.500. The number of hydrogen-bond acceptors (Lipinski definition) is 2. The van der Waals surface area contributed by atoms with Crippen LogP contribution in [0, 0.1) is 5.92 Å². The summed E-state index contributed by atoms with van der Waals surface area (Å²) in [5.41, 5.74) is 1.04. The molecule has 1 fully saturated rings. The predicted octanol–water partition coefficient (Wildman–Crippen LogP) is 3.71. The molecule has 1 aliphatic carbocycles. The summed E-state index contributed by atoms with van der Waals surface area (Å²) in [5.74, 6) is 0.858. The van der Waals surface area contributed by atoms with Crippen molar-refractivity contribution in [2.24, 2.45) is 5.92 Å². The maximum absolute atomic E-state index is 5.80. The van der Waals surface area contributed by atoms with Gasteiger partial charge >= 0.3 is 0 Å². The SMILES string of the molecule is CC1CC(Nc2cnc(Cl)c(Br)c2)C1. The molecule has 1 aromatic rings. The van der Waals surface area contributed by atoms with Gasteiger partial charge in [-0.05, 0) is 40.8 Å². The Balaban J connectivity index is 2.00. The average molecular weight is 276 g/mol. The normalized spacial score (nSPS) is 25.6. The van der Waals surface area contributed by atoms with Crippen LogP contribution >= 0.6 is 27.5 Å². The van der Waals surface area contributed by atoms with Gasteiger partial charge in [-0.3, -0.25) is 0 Å². The van der Waals surface area contributed by atoms with E-state index in [1.165, 1.54) is 12.8 Å². The first-order valence-electron chi connectivity index (χ1n) is 4.72. The van der Waals surface area contributed by atoms with Crippen molar-refractivity contribution in [3.63, 3.8) is 0 Å². The number of halogens is 2. The van der Waals surface area contributed by atoms with Gasteiger partial charge in [-0.25, -0.2) is 4.98 Å². The van der Waals surface area contributed by atoms with Gasteiger partial charge in [0.1, 0.15) is 5.15 Å². The Morgan fingerprint density at radius 3 is 2.86 bits per heavy atom. The molecule has 2 rings (SSSR count). The summed E-state index contributed by atoms with van der Waals surface area (Å²) in [6.07, 6.45) is 4.27. The lowest BCUT2D eigenvalue weighted by Crippen LogP contribution is -2.33. The second-order valence-electron chi connectivity index (χ2n) is 3.91. The fourth-order valence-corrected chi connectivity index (χ4v) is 2.21. The number of nitrogens with zero attached hydrogens (tertiary/aromatic N) is 1. The molecule has 2 nitrogen and oxygen atoms in total. The van der Waals surface area contributed by atoms with Crippen LogP contribution in [0.15, 0.2) is 16.7 Å². The zero-order valence-corrected chi connectivity index (χ0v) is 10.3. The summed E-state index contributed by atoms with van der Waals surface area (Å²) in [4.78, 5) is 4.07. The van der Waals surface area contributed by atoms with Crippen LogP contribution in [0.3, 0.4) is 0 Å². The van der Waals surface area contributed by atoms with E-state index in [2.05, 4.69) is 33.2 Å². The van der Waals surface area contributed by atoms with Crippen LogP contribution in [-0.2, 0) is 0 Å². The molecule has 0 aliphatic heterocycles. The van der Waals surface area contributed by atoms with E-state index in [1.54, 1.807) is 6.20 Å². The minimum Gasteiger partial charge on any atom is -0.381 e. The second kappa shape index (κ2) is 4.07. The van der Waals surface area contributed by atoms with Gasteiger partial charge < -0.3 is 5.32 Å². The molecule has 4 heteroatoms. The Kier molecular flexibility index (Phi) is 2.98. The molecule has 0 aromatic carbocycles. The van der Waals surface area contributed by atoms with Gasteiger partial charge in [0.25, 0.3) is 0 Å². The molecule has 0 spiro atoms. The van der Waals surface area contributed by atoms with Crippen LogP contribution in [0.5, 0.6) is 0 Å². The number of rotatable bonds is 2. The minimum atomic E-state index is 0.512. The number of nitrogens with one attached hydrogen (secondary N) is 1. The highest BCUT2D eigenvalue weighted by Gasteiger charge is 2.24. The molecule has 1 aromatic heterocycles. The van der Waals surface area contributed by atoms with Crippen molar-refractivity contribution in [2.75, 3.05) is 5.32 Å². The van der Waals surface area contributed by atoms with Gasteiger partial charge in [-0.1, -0.05) is 18.5 Å². The van der Waals surface area contributed by atoms with Crippen LogP contribution in [-0.4, -0.2) is 11.0 Å². The average Bonchev–Trinajstić information content (AvgIpc) is 2.09. The maximum Gasteiger partial charge on any atom is 0.143 e. The summed E-state index contributed by atoms with van der Waals surface area (Å²) < 4.78 is 0.844. The standard InChI is InChI=1S/C10H12BrClN2/c1-6-2-7(3-6)14-8-4-9(11)10(12)13-5-8/h4-7,14H,2-3H2,1H3. The van der Waals surface area contributed by atoms with Gasteiger partial charge in [0.15, 0.2) is 0 Å². The molecule has 1 aliphatic rings. The van der Waals surface area contributed by atoms with E-state index in [0.29, 0.717) is 11.2 Å². The summed E-state index contributed by atoms with van der Waals surface area (Å²) in [6, 6.07) is 2.58. The van der Waals surface area contributed by atoms with E-state index < -0.39 is 0 Å². The monoisotopic (exact) mass is 274 g/mol. The Bertz CT molecular complexity index is 337. The molecule has 0 amide bonds. The van der Waals surface area contributed by atoms with Crippen LogP contribution < -0.4 is 5.32 Å². The topological polar surface area (TPSA) is 24.9 Å². The van der Waals surface area contributed by atoms with E-state index in [4.69, 9.17) is 11.6 Å². The molecule has 0 atom stereocenters.